The number of rotatable bonds is 3. The van der Waals surface area contributed by atoms with Gasteiger partial charge in [0, 0.05) is 30.4 Å². The SMILES string of the molecule is Nc1ccccc1C(O)CN1CCCN2CCCC2C1. The van der Waals surface area contributed by atoms with Crippen LogP contribution in [0, 0.1) is 0 Å². The normalized spacial score (nSPS) is 26.1. The van der Waals surface area contributed by atoms with Crippen LogP contribution in [0.5, 0.6) is 0 Å². The second-order valence-corrected chi connectivity index (χ2v) is 6.09. The van der Waals surface area contributed by atoms with E-state index in [-0.39, 0.29) is 0 Å². The molecule has 2 aliphatic rings. The lowest BCUT2D eigenvalue weighted by molar-refractivity contribution is 0.108. The van der Waals surface area contributed by atoms with Crippen molar-refractivity contribution in [1.82, 2.24) is 9.80 Å². The Bertz CT molecular complexity index is 451. The number of β-amino-alcohol motifs (C(OH)–C–C–N with tert-alkyl or cyclic N) is 1. The summed E-state index contributed by atoms with van der Waals surface area (Å²) in [6.07, 6.45) is 3.35. The zero-order chi connectivity index (χ0) is 13.9. The number of fused-ring (bicyclic) bond motifs is 1. The van der Waals surface area contributed by atoms with E-state index in [1.165, 1.54) is 32.4 Å². The van der Waals surface area contributed by atoms with Gasteiger partial charge in [-0.25, -0.2) is 0 Å². The quantitative estimate of drug-likeness (QED) is 0.820. The smallest absolute Gasteiger partial charge is 0.0936 e. The number of nitrogens with two attached hydrogens (primary N) is 1. The first-order chi connectivity index (χ1) is 9.74. The molecule has 2 saturated heterocycles. The van der Waals surface area contributed by atoms with E-state index in [9.17, 15) is 5.11 Å². The van der Waals surface area contributed by atoms with Gasteiger partial charge in [0.2, 0.25) is 0 Å². The van der Waals surface area contributed by atoms with Crippen molar-refractivity contribution in [3.8, 4) is 0 Å². The highest BCUT2D eigenvalue weighted by Gasteiger charge is 2.29. The molecule has 1 aromatic carbocycles. The Morgan fingerprint density at radius 2 is 2.00 bits per heavy atom. The minimum absolute atomic E-state index is 0.482. The van der Waals surface area contributed by atoms with Gasteiger partial charge in [0.15, 0.2) is 0 Å². The van der Waals surface area contributed by atoms with Gasteiger partial charge >= 0.3 is 0 Å². The van der Waals surface area contributed by atoms with Crippen molar-refractivity contribution in [3.05, 3.63) is 29.8 Å². The molecule has 0 amide bonds. The average molecular weight is 275 g/mol. The number of aliphatic hydroxyl groups excluding tert-OH is 1. The Balaban J connectivity index is 1.63. The van der Waals surface area contributed by atoms with Crippen LogP contribution in [-0.4, -0.2) is 53.7 Å². The fourth-order valence-electron chi connectivity index (χ4n) is 3.61. The van der Waals surface area contributed by atoms with Gasteiger partial charge in [0.25, 0.3) is 0 Å². The van der Waals surface area contributed by atoms with Gasteiger partial charge in [0.1, 0.15) is 0 Å². The van der Waals surface area contributed by atoms with Crippen LogP contribution in [0.25, 0.3) is 0 Å². The number of anilines is 1. The zero-order valence-corrected chi connectivity index (χ0v) is 12.0. The molecule has 0 spiro atoms. The number of nitrogens with zero attached hydrogens (tertiary/aromatic N) is 2. The third-order valence-corrected chi connectivity index (χ3v) is 4.67. The molecule has 0 saturated carbocycles. The van der Waals surface area contributed by atoms with Crippen molar-refractivity contribution < 1.29 is 5.11 Å². The minimum Gasteiger partial charge on any atom is -0.398 e. The van der Waals surface area contributed by atoms with Crippen molar-refractivity contribution >= 4 is 5.69 Å². The number of benzene rings is 1. The minimum atomic E-state index is -0.482. The molecule has 0 radical (unpaired) electrons. The van der Waals surface area contributed by atoms with Gasteiger partial charge in [-0.3, -0.25) is 9.80 Å². The lowest BCUT2D eigenvalue weighted by Crippen LogP contribution is -2.38. The number of hydrogen-bond acceptors (Lipinski definition) is 4. The highest BCUT2D eigenvalue weighted by atomic mass is 16.3. The summed E-state index contributed by atoms with van der Waals surface area (Å²) >= 11 is 0. The van der Waals surface area contributed by atoms with E-state index in [1.54, 1.807) is 0 Å². The van der Waals surface area contributed by atoms with Crippen LogP contribution in [0.15, 0.2) is 24.3 Å². The molecule has 1 aromatic rings. The molecule has 2 fully saturated rings. The maximum atomic E-state index is 10.5. The van der Waals surface area contributed by atoms with Crippen LogP contribution in [0.1, 0.15) is 30.9 Å². The van der Waals surface area contributed by atoms with Crippen molar-refractivity contribution in [2.75, 3.05) is 38.5 Å². The molecule has 0 aliphatic carbocycles. The Hall–Kier alpha value is -1.10. The maximum Gasteiger partial charge on any atom is 0.0936 e. The monoisotopic (exact) mass is 275 g/mol. The Morgan fingerprint density at radius 1 is 1.20 bits per heavy atom. The molecule has 2 atom stereocenters. The molecular weight excluding hydrogens is 250 g/mol. The van der Waals surface area contributed by atoms with E-state index in [0.717, 1.165) is 18.7 Å². The Labute approximate surface area is 121 Å². The fraction of sp³-hybridized carbons (Fsp3) is 0.625. The number of nitrogen functional groups attached to an aromatic ring is 1. The van der Waals surface area contributed by atoms with Crippen molar-refractivity contribution in [1.29, 1.82) is 0 Å². The molecule has 110 valence electrons. The topological polar surface area (TPSA) is 52.7 Å². The van der Waals surface area contributed by atoms with Crippen LogP contribution in [0.4, 0.5) is 5.69 Å². The molecule has 4 nitrogen and oxygen atoms in total. The molecule has 3 N–H and O–H groups in total. The maximum absolute atomic E-state index is 10.5. The number of hydrogen-bond donors (Lipinski definition) is 2. The highest BCUT2D eigenvalue weighted by molar-refractivity contribution is 5.47. The Kier molecular flexibility index (Phi) is 4.24. The summed E-state index contributed by atoms with van der Waals surface area (Å²) in [5, 5.41) is 10.5. The third-order valence-electron chi connectivity index (χ3n) is 4.67. The van der Waals surface area contributed by atoms with Gasteiger partial charge < -0.3 is 10.8 Å². The standard InChI is InChI=1S/C16H25N3O/c17-15-7-2-1-6-14(15)16(20)12-18-8-4-10-19-9-3-5-13(19)11-18/h1-2,6-7,13,16,20H,3-5,8-12,17H2. The fourth-order valence-corrected chi connectivity index (χ4v) is 3.61. The molecule has 2 heterocycles. The lowest BCUT2D eigenvalue weighted by Gasteiger charge is -2.27. The van der Waals surface area contributed by atoms with E-state index >= 15 is 0 Å². The summed E-state index contributed by atoms with van der Waals surface area (Å²) < 4.78 is 0. The highest BCUT2D eigenvalue weighted by Crippen LogP contribution is 2.24. The predicted molar refractivity (Wildman–Crippen MR) is 81.5 cm³/mol. The molecule has 4 heteroatoms. The van der Waals surface area contributed by atoms with Crippen LogP contribution in [0.3, 0.4) is 0 Å². The van der Waals surface area contributed by atoms with Gasteiger partial charge in [-0.1, -0.05) is 18.2 Å². The van der Waals surface area contributed by atoms with Gasteiger partial charge in [-0.15, -0.1) is 0 Å². The Morgan fingerprint density at radius 3 is 2.85 bits per heavy atom. The summed E-state index contributed by atoms with van der Waals surface area (Å²) in [6, 6.07) is 8.33. The second-order valence-electron chi connectivity index (χ2n) is 6.09. The first-order valence-corrected chi connectivity index (χ1v) is 7.73. The number of aliphatic hydroxyl groups is 1. The average Bonchev–Trinajstić information content (AvgIpc) is 2.78. The van der Waals surface area contributed by atoms with E-state index in [0.29, 0.717) is 18.3 Å². The summed E-state index contributed by atoms with van der Waals surface area (Å²) in [6.45, 7) is 5.33. The number of para-hydroxylation sites is 1. The molecule has 0 aromatic heterocycles. The lowest BCUT2D eigenvalue weighted by atomic mass is 10.1. The van der Waals surface area contributed by atoms with Gasteiger partial charge in [-0.2, -0.15) is 0 Å². The van der Waals surface area contributed by atoms with E-state index < -0.39 is 6.10 Å². The largest absolute Gasteiger partial charge is 0.398 e. The van der Waals surface area contributed by atoms with Crippen LogP contribution >= 0.6 is 0 Å². The van der Waals surface area contributed by atoms with Crippen molar-refractivity contribution in [2.45, 2.75) is 31.4 Å². The van der Waals surface area contributed by atoms with Crippen LogP contribution in [0.2, 0.25) is 0 Å². The first-order valence-electron chi connectivity index (χ1n) is 7.73. The van der Waals surface area contributed by atoms with Crippen molar-refractivity contribution in [3.63, 3.8) is 0 Å². The first kappa shape index (κ1) is 13.9. The molecule has 2 unspecified atom stereocenters. The van der Waals surface area contributed by atoms with Gasteiger partial charge in [0.05, 0.1) is 6.10 Å². The summed E-state index contributed by atoms with van der Waals surface area (Å²) in [5.41, 5.74) is 7.51. The molecule has 0 bridgehead atoms. The summed E-state index contributed by atoms with van der Waals surface area (Å²) in [4.78, 5) is 5.02. The molecule has 20 heavy (non-hydrogen) atoms. The molecular formula is C16H25N3O. The second kappa shape index (κ2) is 6.12. The van der Waals surface area contributed by atoms with Crippen molar-refractivity contribution in [2.24, 2.45) is 0 Å². The zero-order valence-electron chi connectivity index (χ0n) is 12.0. The summed E-state index contributed by atoms with van der Waals surface area (Å²) in [5.74, 6) is 0. The van der Waals surface area contributed by atoms with E-state index in [2.05, 4.69) is 9.80 Å². The summed E-state index contributed by atoms with van der Waals surface area (Å²) in [7, 11) is 0. The van der Waals surface area contributed by atoms with Gasteiger partial charge in [-0.05, 0) is 45.0 Å². The molecule has 3 rings (SSSR count). The molecule has 2 aliphatic heterocycles. The predicted octanol–water partition coefficient (Wildman–Crippen LogP) is 1.47. The van der Waals surface area contributed by atoms with Crippen LogP contribution < -0.4 is 5.73 Å². The van der Waals surface area contributed by atoms with E-state index in [4.69, 9.17) is 5.73 Å². The third kappa shape index (κ3) is 2.97. The van der Waals surface area contributed by atoms with Crippen LogP contribution in [-0.2, 0) is 0 Å². The van der Waals surface area contributed by atoms with E-state index in [1.807, 2.05) is 24.3 Å².